The van der Waals surface area contributed by atoms with Gasteiger partial charge in [-0.3, -0.25) is 10.1 Å². The summed E-state index contributed by atoms with van der Waals surface area (Å²) in [7, 11) is 0. The zero-order valence-corrected chi connectivity index (χ0v) is 11.1. The monoisotopic (exact) mass is 274 g/mol. The van der Waals surface area contributed by atoms with Crippen LogP contribution in [0.2, 0.25) is 0 Å². The van der Waals surface area contributed by atoms with E-state index in [0.717, 1.165) is 11.1 Å². The Kier molecular flexibility index (Phi) is 4.30. The predicted molar refractivity (Wildman–Crippen MR) is 76.4 cm³/mol. The first-order valence-electron chi connectivity index (χ1n) is 6.29. The van der Waals surface area contributed by atoms with Gasteiger partial charge >= 0.3 is 0 Å². The molecular weight excluding hydrogens is 259 g/mol. The highest BCUT2D eigenvalue weighted by Crippen LogP contribution is 2.16. The summed E-state index contributed by atoms with van der Waals surface area (Å²) in [5.74, 6) is -0.270. The molecule has 0 fully saturated rings. The number of nitro benzene ring substituents is 1. The molecule has 5 heteroatoms. The maximum absolute atomic E-state index is 13.6. The Labute approximate surface area is 116 Å². The van der Waals surface area contributed by atoms with Gasteiger partial charge in [-0.1, -0.05) is 18.2 Å². The van der Waals surface area contributed by atoms with Crippen LogP contribution < -0.4 is 5.32 Å². The standard InChI is InChI=1S/C15H15FN2O2/c1-11-2-7-15(14(16)10-11)17-9-8-12-3-5-13(6-4-12)18(19)20/h2-7,10,17H,8-9H2,1H3. The number of halogens is 1. The molecule has 0 atom stereocenters. The van der Waals surface area contributed by atoms with Gasteiger partial charge in [0.15, 0.2) is 0 Å². The van der Waals surface area contributed by atoms with Crippen molar-refractivity contribution in [3.05, 3.63) is 69.5 Å². The fourth-order valence-corrected chi connectivity index (χ4v) is 1.89. The van der Waals surface area contributed by atoms with Crippen LogP contribution in [-0.4, -0.2) is 11.5 Å². The molecule has 2 rings (SSSR count). The van der Waals surface area contributed by atoms with Crippen LogP contribution in [0.25, 0.3) is 0 Å². The Morgan fingerprint density at radius 3 is 2.50 bits per heavy atom. The van der Waals surface area contributed by atoms with Crippen LogP contribution in [0, 0.1) is 22.9 Å². The highest BCUT2D eigenvalue weighted by atomic mass is 19.1. The second kappa shape index (κ2) is 6.14. The second-order valence-electron chi connectivity index (χ2n) is 4.58. The highest BCUT2D eigenvalue weighted by molar-refractivity contribution is 5.46. The number of nitrogens with zero attached hydrogens (tertiary/aromatic N) is 1. The predicted octanol–water partition coefficient (Wildman–Crippen LogP) is 3.70. The van der Waals surface area contributed by atoms with Gasteiger partial charge in [-0.15, -0.1) is 0 Å². The molecule has 0 aliphatic rings. The van der Waals surface area contributed by atoms with Gasteiger partial charge in [-0.05, 0) is 36.6 Å². The van der Waals surface area contributed by atoms with Crippen molar-refractivity contribution in [3.63, 3.8) is 0 Å². The van der Waals surface area contributed by atoms with Gasteiger partial charge in [0.25, 0.3) is 5.69 Å². The van der Waals surface area contributed by atoms with Crippen LogP contribution in [0.4, 0.5) is 15.8 Å². The lowest BCUT2D eigenvalue weighted by Gasteiger charge is -2.08. The minimum atomic E-state index is -0.427. The smallest absolute Gasteiger partial charge is 0.269 e. The fourth-order valence-electron chi connectivity index (χ4n) is 1.89. The number of rotatable bonds is 5. The molecule has 0 bridgehead atoms. The number of benzene rings is 2. The van der Waals surface area contributed by atoms with Gasteiger partial charge < -0.3 is 5.32 Å². The minimum absolute atomic E-state index is 0.0753. The molecule has 0 aliphatic heterocycles. The van der Waals surface area contributed by atoms with Crippen LogP contribution in [0.3, 0.4) is 0 Å². The molecule has 0 radical (unpaired) electrons. The third kappa shape index (κ3) is 3.54. The first kappa shape index (κ1) is 14.0. The van der Waals surface area contributed by atoms with Crippen molar-refractivity contribution in [3.8, 4) is 0 Å². The normalized spacial score (nSPS) is 10.3. The first-order valence-corrected chi connectivity index (χ1v) is 6.29. The van der Waals surface area contributed by atoms with Crippen molar-refractivity contribution in [2.75, 3.05) is 11.9 Å². The van der Waals surface area contributed by atoms with E-state index < -0.39 is 4.92 Å². The Balaban J connectivity index is 1.91. The maximum Gasteiger partial charge on any atom is 0.269 e. The van der Waals surface area contributed by atoms with E-state index >= 15 is 0 Å². The molecule has 0 saturated heterocycles. The minimum Gasteiger partial charge on any atom is -0.382 e. The molecule has 2 aromatic rings. The Morgan fingerprint density at radius 2 is 1.90 bits per heavy atom. The van der Waals surface area contributed by atoms with Crippen LogP contribution in [-0.2, 0) is 6.42 Å². The molecule has 2 aromatic carbocycles. The molecule has 0 heterocycles. The molecule has 20 heavy (non-hydrogen) atoms. The van der Waals surface area contributed by atoms with E-state index in [4.69, 9.17) is 0 Å². The van der Waals surface area contributed by atoms with E-state index in [1.54, 1.807) is 18.2 Å². The third-order valence-corrected chi connectivity index (χ3v) is 3.00. The van der Waals surface area contributed by atoms with Crippen molar-refractivity contribution >= 4 is 11.4 Å². The Morgan fingerprint density at radius 1 is 1.20 bits per heavy atom. The van der Waals surface area contributed by atoms with Crippen molar-refractivity contribution in [1.29, 1.82) is 0 Å². The summed E-state index contributed by atoms with van der Waals surface area (Å²) in [5, 5.41) is 13.5. The maximum atomic E-state index is 13.6. The molecule has 4 nitrogen and oxygen atoms in total. The Bertz CT molecular complexity index is 612. The molecule has 0 saturated carbocycles. The van der Waals surface area contributed by atoms with E-state index in [9.17, 15) is 14.5 Å². The number of nitrogens with one attached hydrogen (secondary N) is 1. The number of aryl methyl sites for hydroxylation is 1. The summed E-state index contributed by atoms with van der Waals surface area (Å²) in [5.41, 5.74) is 2.39. The largest absolute Gasteiger partial charge is 0.382 e. The van der Waals surface area contributed by atoms with Gasteiger partial charge in [0.1, 0.15) is 5.82 Å². The molecule has 0 spiro atoms. The van der Waals surface area contributed by atoms with Gasteiger partial charge in [-0.25, -0.2) is 4.39 Å². The lowest BCUT2D eigenvalue weighted by molar-refractivity contribution is -0.384. The van der Waals surface area contributed by atoms with Gasteiger partial charge in [0, 0.05) is 18.7 Å². The van der Waals surface area contributed by atoms with Gasteiger partial charge in [0.05, 0.1) is 10.6 Å². The quantitative estimate of drug-likeness (QED) is 0.668. The average Bonchev–Trinajstić information content (AvgIpc) is 2.42. The highest BCUT2D eigenvalue weighted by Gasteiger charge is 2.04. The lowest BCUT2D eigenvalue weighted by Crippen LogP contribution is -2.06. The SMILES string of the molecule is Cc1ccc(NCCc2ccc([N+](=O)[O-])cc2)c(F)c1. The zero-order valence-electron chi connectivity index (χ0n) is 11.1. The number of anilines is 1. The molecule has 0 amide bonds. The zero-order chi connectivity index (χ0) is 14.5. The van der Waals surface area contributed by atoms with E-state index in [2.05, 4.69) is 5.32 Å². The van der Waals surface area contributed by atoms with Gasteiger partial charge in [-0.2, -0.15) is 0 Å². The van der Waals surface area contributed by atoms with Crippen molar-refractivity contribution in [1.82, 2.24) is 0 Å². The number of hydrogen-bond donors (Lipinski definition) is 1. The van der Waals surface area contributed by atoms with E-state index in [-0.39, 0.29) is 11.5 Å². The van der Waals surface area contributed by atoms with Crippen LogP contribution >= 0.6 is 0 Å². The summed E-state index contributed by atoms with van der Waals surface area (Å²) < 4.78 is 13.6. The van der Waals surface area contributed by atoms with Crippen LogP contribution in [0.15, 0.2) is 42.5 Å². The molecule has 104 valence electrons. The van der Waals surface area contributed by atoms with Crippen molar-refractivity contribution < 1.29 is 9.31 Å². The fraction of sp³-hybridized carbons (Fsp3) is 0.200. The van der Waals surface area contributed by atoms with Crippen molar-refractivity contribution in [2.45, 2.75) is 13.3 Å². The Hall–Kier alpha value is -2.43. The summed E-state index contributed by atoms with van der Waals surface area (Å²) >= 11 is 0. The summed E-state index contributed by atoms with van der Waals surface area (Å²) in [6.07, 6.45) is 0.672. The van der Waals surface area contributed by atoms with Gasteiger partial charge in [0.2, 0.25) is 0 Å². The molecule has 0 unspecified atom stereocenters. The lowest BCUT2D eigenvalue weighted by atomic mass is 10.1. The van der Waals surface area contributed by atoms with E-state index in [1.807, 2.05) is 13.0 Å². The second-order valence-corrected chi connectivity index (χ2v) is 4.58. The molecule has 0 aromatic heterocycles. The summed E-state index contributed by atoms with van der Waals surface area (Å²) in [6.45, 7) is 2.40. The third-order valence-electron chi connectivity index (χ3n) is 3.00. The molecule has 1 N–H and O–H groups in total. The van der Waals surface area contributed by atoms with Crippen LogP contribution in [0.1, 0.15) is 11.1 Å². The van der Waals surface area contributed by atoms with Crippen molar-refractivity contribution in [2.24, 2.45) is 0 Å². The summed E-state index contributed by atoms with van der Waals surface area (Å²) in [4.78, 5) is 10.1. The average molecular weight is 274 g/mol. The van der Waals surface area contributed by atoms with Crippen LogP contribution in [0.5, 0.6) is 0 Å². The molecular formula is C15H15FN2O2. The number of non-ortho nitro benzene ring substituents is 1. The van der Waals surface area contributed by atoms with E-state index in [0.29, 0.717) is 18.7 Å². The topological polar surface area (TPSA) is 55.2 Å². The summed E-state index contributed by atoms with van der Waals surface area (Å²) in [6, 6.07) is 11.4. The molecule has 0 aliphatic carbocycles. The first-order chi connectivity index (χ1) is 9.56. The number of nitro groups is 1. The van der Waals surface area contributed by atoms with E-state index in [1.165, 1.54) is 18.2 Å². The number of hydrogen-bond acceptors (Lipinski definition) is 3.